The molecule has 0 radical (unpaired) electrons. The Morgan fingerprint density at radius 3 is 2.20 bits per heavy atom. The van der Waals surface area contributed by atoms with Gasteiger partial charge in [0.1, 0.15) is 17.6 Å². The fourth-order valence-electron chi connectivity index (χ4n) is 5.33. The van der Waals surface area contributed by atoms with Crippen LogP contribution in [-0.2, 0) is 23.4 Å². The molecule has 25 heavy (non-hydrogen) atoms. The Balaban J connectivity index is 1.59. The summed E-state index contributed by atoms with van der Waals surface area (Å²) in [6.45, 7) is 1.10. The fourth-order valence-corrected chi connectivity index (χ4v) is 5.55. The predicted octanol–water partition coefficient (Wildman–Crippen LogP) is 3.41. The molecule has 4 rings (SSSR count). The minimum atomic E-state index is -4.10. The predicted molar refractivity (Wildman–Crippen MR) is 83.4 cm³/mol. The highest BCUT2D eigenvalue weighted by molar-refractivity contribution is 7.96. The second-order valence-corrected chi connectivity index (χ2v) is 8.17. The van der Waals surface area contributed by atoms with Gasteiger partial charge in [0.15, 0.2) is 6.61 Å². The average Bonchev–Trinajstić information content (AvgIpc) is 2.55. The Hall–Kier alpha value is -0.930. The van der Waals surface area contributed by atoms with Gasteiger partial charge in [0.25, 0.3) is 0 Å². The Morgan fingerprint density at radius 2 is 1.72 bits per heavy atom. The second-order valence-electron chi connectivity index (χ2n) is 7.34. The van der Waals surface area contributed by atoms with E-state index in [-0.39, 0.29) is 0 Å². The number of ether oxygens (including phenoxy) is 2. The van der Waals surface area contributed by atoms with Crippen LogP contribution in [0.5, 0.6) is 0 Å². The third-order valence-corrected chi connectivity index (χ3v) is 6.53. The normalized spacial score (nSPS) is 36.3. The van der Waals surface area contributed by atoms with Crippen LogP contribution >= 0.6 is 12.0 Å². The number of alkyl halides is 2. The highest BCUT2D eigenvalue weighted by Gasteiger charge is 2.58. The van der Waals surface area contributed by atoms with Crippen molar-refractivity contribution in [2.24, 2.45) is 23.7 Å². The summed E-state index contributed by atoms with van der Waals surface area (Å²) in [5.74, 6) is -0.769. The summed E-state index contributed by atoms with van der Waals surface area (Å²) in [5, 5.41) is 3.91. The standard InChI is InChI=1S/C16H22F2O6S/c1-2-15(11-4-9-3-10(6-11)7-12(15)5-9)23-13(19)8-22-14(20)16(17,18)25-24-21/h9-12,21H,2-8H2,1H3. The van der Waals surface area contributed by atoms with Crippen molar-refractivity contribution in [1.82, 2.24) is 0 Å². The number of hydrogen-bond donors (Lipinski definition) is 1. The van der Waals surface area contributed by atoms with Crippen molar-refractivity contribution in [3.63, 3.8) is 0 Å². The van der Waals surface area contributed by atoms with Crippen molar-refractivity contribution in [3.8, 4) is 0 Å². The lowest BCUT2D eigenvalue weighted by Gasteiger charge is -2.60. The maximum absolute atomic E-state index is 13.2. The summed E-state index contributed by atoms with van der Waals surface area (Å²) in [6.07, 6.45) is 6.09. The van der Waals surface area contributed by atoms with E-state index in [0.717, 1.165) is 25.7 Å². The molecule has 0 saturated heterocycles. The maximum atomic E-state index is 13.2. The van der Waals surface area contributed by atoms with Crippen molar-refractivity contribution in [2.45, 2.75) is 56.3 Å². The minimum Gasteiger partial charge on any atom is -0.456 e. The van der Waals surface area contributed by atoms with Gasteiger partial charge in [0.2, 0.25) is 0 Å². The molecule has 4 fully saturated rings. The minimum absolute atomic E-state index is 0.299. The van der Waals surface area contributed by atoms with Crippen molar-refractivity contribution < 1.29 is 37.4 Å². The van der Waals surface area contributed by atoms with E-state index in [1.165, 1.54) is 6.42 Å². The van der Waals surface area contributed by atoms with Gasteiger partial charge in [-0.25, -0.2) is 14.8 Å². The van der Waals surface area contributed by atoms with Gasteiger partial charge >= 0.3 is 17.2 Å². The van der Waals surface area contributed by atoms with Gasteiger partial charge in [-0.1, -0.05) is 6.92 Å². The highest BCUT2D eigenvalue weighted by atomic mass is 32.2. The molecule has 0 atom stereocenters. The molecule has 142 valence electrons. The van der Waals surface area contributed by atoms with Crippen LogP contribution < -0.4 is 0 Å². The molecule has 0 heterocycles. The lowest BCUT2D eigenvalue weighted by molar-refractivity contribution is -0.215. The average molecular weight is 380 g/mol. The van der Waals surface area contributed by atoms with E-state index in [1.807, 2.05) is 6.92 Å². The van der Waals surface area contributed by atoms with Gasteiger partial charge in [-0.2, -0.15) is 13.1 Å². The maximum Gasteiger partial charge on any atom is 0.415 e. The van der Waals surface area contributed by atoms with Crippen LogP contribution in [0.25, 0.3) is 0 Å². The summed E-state index contributed by atoms with van der Waals surface area (Å²) in [5.41, 5.74) is -0.567. The van der Waals surface area contributed by atoms with Gasteiger partial charge in [0.05, 0.1) is 0 Å². The molecule has 4 aliphatic rings. The lowest BCUT2D eigenvalue weighted by Crippen LogP contribution is -2.59. The third-order valence-electron chi connectivity index (χ3n) is 6.08. The molecule has 6 nitrogen and oxygen atoms in total. The Bertz CT molecular complexity index is 513. The first-order valence-electron chi connectivity index (χ1n) is 8.56. The van der Waals surface area contributed by atoms with Crippen LogP contribution in [0.3, 0.4) is 0 Å². The number of carbonyl (C=O) groups is 2. The van der Waals surface area contributed by atoms with E-state index in [0.29, 0.717) is 30.1 Å². The Kier molecular flexibility index (Phi) is 5.28. The fraction of sp³-hybridized carbons (Fsp3) is 0.875. The first-order chi connectivity index (χ1) is 11.8. The van der Waals surface area contributed by atoms with Crippen molar-refractivity contribution in [2.75, 3.05) is 6.61 Å². The molecule has 4 saturated carbocycles. The number of esters is 2. The van der Waals surface area contributed by atoms with E-state index in [1.54, 1.807) is 0 Å². The molecule has 0 aliphatic heterocycles. The van der Waals surface area contributed by atoms with Gasteiger partial charge < -0.3 is 9.47 Å². The van der Waals surface area contributed by atoms with Crippen molar-refractivity contribution in [3.05, 3.63) is 0 Å². The zero-order chi connectivity index (χ0) is 18.2. The monoisotopic (exact) mass is 380 g/mol. The zero-order valence-corrected chi connectivity index (χ0v) is 14.7. The van der Waals surface area contributed by atoms with Crippen LogP contribution in [0.4, 0.5) is 8.78 Å². The van der Waals surface area contributed by atoms with E-state index >= 15 is 0 Å². The summed E-state index contributed by atoms with van der Waals surface area (Å²) < 4.78 is 39.6. The van der Waals surface area contributed by atoms with Crippen LogP contribution in [0, 0.1) is 23.7 Å². The van der Waals surface area contributed by atoms with Crippen molar-refractivity contribution >= 4 is 24.0 Å². The Morgan fingerprint density at radius 1 is 1.16 bits per heavy atom. The van der Waals surface area contributed by atoms with Gasteiger partial charge in [0, 0.05) is 0 Å². The first-order valence-corrected chi connectivity index (χ1v) is 9.31. The molecule has 0 unspecified atom stereocenters. The molecule has 0 aromatic carbocycles. The largest absolute Gasteiger partial charge is 0.456 e. The molecular formula is C16H22F2O6S. The topological polar surface area (TPSA) is 82.1 Å². The van der Waals surface area contributed by atoms with Crippen LogP contribution in [0.15, 0.2) is 0 Å². The quantitative estimate of drug-likeness (QED) is 0.314. The molecule has 0 aromatic heterocycles. The van der Waals surface area contributed by atoms with E-state index in [9.17, 15) is 18.4 Å². The highest BCUT2D eigenvalue weighted by Crippen LogP contribution is 2.60. The third kappa shape index (κ3) is 3.50. The van der Waals surface area contributed by atoms with Crippen LogP contribution in [0.2, 0.25) is 0 Å². The summed E-state index contributed by atoms with van der Waals surface area (Å²) in [4.78, 5) is 23.4. The van der Waals surface area contributed by atoms with Crippen molar-refractivity contribution in [1.29, 1.82) is 0 Å². The number of halogens is 2. The SMILES string of the molecule is CCC1(OC(=O)COC(=O)C(F)(F)SOO)C2CC3CC(C2)CC1C3. The lowest BCUT2D eigenvalue weighted by atomic mass is 9.49. The molecule has 9 heteroatoms. The smallest absolute Gasteiger partial charge is 0.415 e. The summed E-state index contributed by atoms with van der Waals surface area (Å²) in [7, 11) is 0. The van der Waals surface area contributed by atoms with Gasteiger partial charge in [-0.3, -0.25) is 0 Å². The first kappa shape index (κ1) is 18.8. The second kappa shape index (κ2) is 7.00. The van der Waals surface area contributed by atoms with Crippen LogP contribution in [0.1, 0.15) is 45.4 Å². The molecule has 0 spiro atoms. The van der Waals surface area contributed by atoms with Crippen LogP contribution in [-0.4, -0.2) is 34.7 Å². The number of hydrogen-bond acceptors (Lipinski definition) is 7. The van der Waals surface area contributed by atoms with E-state index in [2.05, 4.69) is 9.07 Å². The zero-order valence-electron chi connectivity index (χ0n) is 13.9. The summed E-state index contributed by atoms with van der Waals surface area (Å²) >= 11 is -0.753. The Labute approximate surface area is 148 Å². The van der Waals surface area contributed by atoms with Gasteiger partial charge in [-0.05, 0) is 62.2 Å². The molecule has 0 amide bonds. The molecule has 4 bridgehead atoms. The van der Waals surface area contributed by atoms with E-state index < -0.39 is 41.4 Å². The number of carbonyl (C=O) groups excluding carboxylic acids is 2. The van der Waals surface area contributed by atoms with Gasteiger partial charge in [-0.15, -0.1) is 0 Å². The molecule has 0 aromatic rings. The molecular weight excluding hydrogens is 358 g/mol. The summed E-state index contributed by atoms with van der Waals surface area (Å²) in [6, 6.07) is 0. The molecule has 4 aliphatic carbocycles. The molecule has 1 N–H and O–H groups in total. The number of rotatable bonds is 7. The van der Waals surface area contributed by atoms with E-state index in [4.69, 9.17) is 9.99 Å².